The summed E-state index contributed by atoms with van der Waals surface area (Å²) in [6.07, 6.45) is -2.96. The van der Waals surface area contributed by atoms with Gasteiger partial charge in [0.05, 0.1) is 13.4 Å². The van der Waals surface area contributed by atoms with Crippen molar-refractivity contribution in [2.24, 2.45) is 0 Å². The Labute approximate surface area is 136 Å². The van der Waals surface area contributed by atoms with Gasteiger partial charge in [0.15, 0.2) is 25.6 Å². The average molecular weight is 382 g/mol. The monoisotopic (exact) mass is 382 g/mol. The number of hydrogen-bond donors (Lipinski definition) is 0. The van der Waals surface area contributed by atoms with Gasteiger partial charge in [-0.15, -0.1) is 0 Å². The lowest BCUT2D eigenvalue weighted by Gasteiger charge is -2.45. The molecule has 0 aliphatic heterocycles. The number of rotatable bonds is 7. The molecule has 0 saturated heterocycles. The third kappa shape index (κ3) is 2.71. The van der Waals surface area contributed by atoms with E-state index >= 15 is 0 Å². The van der Waals surface area contributed by atoms with Crippen molar-refractivity contribution >= 4 is 8.07 Å². The van der Waals surface area contributed by atoms with E-state index in [1.165, 1.54) is 13.8 Å². The molecule has 24 heavy (non-hydrogen) atoms. The summed E-state index contributed by atoms with van der Waals surface area (Å²) in [5.74, 6) is -10.2. The summed E-state index contributed by atoms with van der Waals surface area (Å²) in [5.41, 5.74) is 0. The van der Waals surface area contributed by atoms with Crippen LogP contribution in [0.4, 0.5) is 35.4 Å². The molecule has 1 nitrogen and oxygen atoms in total. The lowest BCUT2D eigenvalue weighted by molar-refractivity contribution is -1.29. The predicted molar refractivity (Wildman–Crippen MR) is 76.1 cm³/mol. The molecule has 1 aliphatic rings. The lowest BCUT2D eigenvalue weighted by atomic mass is 10.0. The molecular formula is C14H20F8NSi+. The molecule has 0 N–H and O–H groups in total. The average Bonchev–Trinajstić information content (AvgIpc) is 2.53. The van der Waals surface area contributed by atoms with Crippen molar-refractivity contribution in [3.8, 4) is 0 Å². The molecule has 0 fully saturated rings. The molecule has 10 heteroatoms. The SMILES string of the molecule is CCCC[Si](CC)(CC)C1([N+](F)(F)F)C(F)=C(F)C(F)=C(F)C1F. The Bertz CT molecular complexity index is 537. The van der Waals surface area contributed by atoms with Crippen LogP contribution in [0.1, 0.15) is 33.6 Å². The molecule has 0 radical (unpaired) electrons. The summed E-state index contributed by atoms with van der Waals surface area (Å²) in [7, 11) is -4.03. The van der Waals surface area contributed by atoms with Gasteiger partial charge in [-0.1, -0.05) is 51.7 Å². The summed E-state index contributed by atoms with van der Waals surface area (Å²) in [6, 6.07) is -0.682. The van der Waals surface area contributed by atoms with E-state index in [1.807, 2.05) is 0 Å². The number of quaternary nitrogens is 1. The van der Waals surface area contributed by atoms with Crippen LogP contribution in [0.15, 0.2) is 23.3 Å². The van der Waals surface area contributed by atoms with E-state index in [0.29, 0.717) is 6.42 Å². The quantitative estimate of drug-likeness (QED) is 0.262. The summed E-state index contributed by atoms with van der Waals surface area (Å²) < 4.78 is 111. The van der Waals surface area contributed by atoms with Gasteiger partial charge in [-0.25, -0.2) is 22.0 Å². The third-order valence-electron chi connectivity index (χ3n) is 5.09. The van der Waals surface area contributed by atoms with E-state index in [-0.39, 0.29) is 24.6 Å². The van der Waals surface area contributed by atoms with Gasteiger partial charge in [0.2, 0.25) is 12.0 Å². The van der Waals surface area contributed by atoms with E-state index in [9.17, 15) is 35.4 Å². The lowest BCUT2D eigenvalue weighted by Crippen LogP contribution is -2.74. The van der Waals surface area contributed by atoms with Crippen LogP contribution in [0.2, 0.25) is 18.1 Å². The first kappa shape index (κ1) is 21.1. The van der Waals surface area contributed by atoms with E-state index in [4.69, 9.17) is 0 Å². The number of unbranched alkanes of at least 4 members (excludes halogenated alkanes) is 1. The minimum Gasteiger partial charge on any atom is -0.232 e. The number of allylic oxidation sites excluding steroid dienone is 2. The second-order valence-corrected chi connectivity index (χ2v) is 11.2. The Morgan fingerprint density at radius 2 is 1.46 bits per heavy atom. The smallest absolute Gasteiger partial charge is 0.232 e. The van der Waals surface area contributed by atoms with Crippen molar-refractivity contribution in [1.29, 1.82) is 0 Å². The van der Waals surface area contributed by atoms with Gasteiger partial charge in [-0.05, 0) is 0 Å². The Balaban J connectivity index is 3.85. The fourth-order valence-electron chi connectivity index (χ4n) is 3.63. The van der Waals surface area contributed by atoms with Crippen LogP contribution in [-0.2, 0) is 0 Å². The normalized spacial score (nSPS) is 26.4. The molecule has 140 valence electrons. The molecule has 0 aromatic rings. The van der Waals surface area contributed by atoms with Crippen LogP contribution in [0.25, 0.3) is 0 Å². The maximum atomic E-state index is 14.5. The van der Waals surface area contributed by atoms with E-state index in [0.717, 1.165) is 0 Å². The van der Waals surface area contributed by atoms with Crippen LogP contribution in [0.5, 0.6) is 0 Å². The minimum absolute atomic E-state index is 0.176. The van der Waals surface area contributed by atoms with E-state index in [1.54, 1.807) is 6.92 Å². The fourth-order valence-corrected chi connectivity index (χ4v) is 9.11. The van der Waals surface area contributed by atoms with Gasteiger partial charge in [0.1, 0.15) is 0 Å². The third-order valence-corrected chi connectivity index (χ3v) is 11.5. The van der Waals surface area contributed by atoms with E-state index in [2.05, 4.69) is 0 Å². The Morgan fingerprint density at radius 1 is 0.958 bits per heavy atom. The Kier molecular flexibility index (Phi) is 6.29. The van der Waals surface area contributed by atoms with Gasteiger partial charge in [0, 0.05) is 0 Å². The zero-order chi connectivity index (χ0) is 18.9. The summed E-state index contributed by atoms with van der Waals surface area (Å²) in [4.78, 5) is 0. The molecule has 0 aromatic heterocycles. The zero-order valence-corrected chi connectivity index (χ0v) is 14.6. The van der Waals surface area contributed by atoms with Crippen molar-refractivity contribution in [3.63, 3.8) is 0 Å². The highest BCUT2D eigenvalue weighted by atomic mass is 28.3. The number of hydrogen-bond acceptors (Lipinski definition) is 0. The Morgan fingerprint density at radius 3 is 1.83 bits per heavy atom. The molecule has 0 amide bonds. The molecule has 2 unspecified atom stereocenters. The summed E-state index contributed by atoms with van der Waals surface area (Å²) >= 11 is 0. The molecule has 1 aliphatic carbocycles. The van der Waals surface area contributed by atoms with Gasteiger partial charge in [0.25, 0.3) is 10.3 Å². The van der Waals surface area contributed by atoms with Crippen molar-refractivity contribution in [2.45, 2.75) is 63.1 Å². The maximum absolute atomic E-state index is 14.5. The number of halogens is 8. The van der Waals surface area contributed by atoms with Crippen molar-refractivity contribution in [3.05, 3.63) is 23.3 Å². The molecule has 2 atom stereocenters. The second kappa shape index (κ2) is 7.15. The molecule has 0 saturated carbocycles. The van der Waals surface area contributed by atoms with Gasteiger partial charge in [-0.2, -0.15) is 0 Å². The standard InChI is InChI=1S/C14H20F8NSi/c1-4-7-8-24(5-2,6-3)14(23(20,21)22)12(18)10(16)9(15)11(17)13(14)19/h12H,4-8H2,1-3H3/q+1. The Hall–Kier alpha value is -0.903. The fraction of sp³-hybridized carbons (Fsp3) is 0.714. The van der Waals surface area contributed by atoms with Gasteiger partial charge in [-0.3, -0.25) is 0 Å². The largest absolute Gasteiger partial charge is 0.287 e. The van der Waals surface area contributed by atoms with Crippen LogP contribution in [0.3, 0.4) is 0 Å². The van der Waals surface area contributed by atoms with Crippen LogP contribution in [-0.4, -0.2) is 24.6 Å². The topological polar surface area (TPSA) is 0 Å². The molecule has 0 bridgehead atoms. The molecule has 0 spiro atoms. The van der Waals surface area contributed by atoms with Crippen molar-refractivity contribution in [1.82, 2.24) is 0 Å². The summed E-state index contributed by atoms with van der Waals surface area (Å²) in [5, 5.41) is -8.82. The number of nitrogens with zero attached hydrogens (tertiary/aromatic N) is 1. The maximum Gasteiger partial charge on any atom is 0.287 e. The highest BCUT2D eigenvalue weighted by molar-refractivity contribution is 6.83. The first-order chi connectivity index (χ1) is 11.0. The highest BCUT2D eigenvalue weighted by Crippen LogP contribution is 2.57. The summed E-state index contributed by atoms with van der Waals surface area (Å²) in [6.45, 7) is 4.33. The highest BCUT2D eigenvalue weighted by Gasteiger charge is 2.81. The van der Waals surface area contributed by atoms with Crippen LogP contribution >= 0.6 is 0 Å². The predicted octanol–water partition coefficient (Wildman–Crippen LogP) is 6.68. The first-order valence-electron chi connectivity index (χ1n) is 7.71. The second-order valence-electron chi connectivity index (χ2n) is 5.96. The zero-order valence-electron chi connectivity index (χ0n) is 13.6. The van der Waals surface area contributed by atoms with E-state index < -0.39 is 47.9 Å². The first-order valence-corrected chi connectivity index (χ1v) is 10.3. The van der Waals surface area contributed by atoms with Crippen molar-refractivity contribution in [2.75, 3.05) is 0 Å². The molecule has 1 rings (SSSR count). The molecule has 0 heterocycles. The van der Waals surface area contributed by atoms with Crippen LogP contribution in [0, 0.1) is 0 Å². The van der Waals surface area contributed by atoms with Crippen molar-refractivity contribution < 1.29 is 40.5 Å². The van der Waals surface area contributed by atoms with Gasteiger partial charge >= 0.3 is 0 Å². The van der Waals surface area contributed by atoms with Crippen LogP contribution < -0.4 is 0 Å². The minimum atomic E-state index is -4.81. The number of alkyl halides is 1. The van der Waals surface area contributed by atoms with Gasteiger partial charge < -0.3 is 0 Å². The molecular weight excluding hydrogens is 362 g/mol. The molecule has 0 aromatic carbocycles.